The van der Waals surface area contributed by atoms with Gasteiger partial charge in [0.2, 0.25) is 0 Å². The summed E-state index contributed by atoms with van der Waals surface area (Å²) in [5.41, 5.74) is 1.02. The van der Waals surface area contributed by atoms with Crippen LogP contribution in [0.1, 0.15) is 103 Å². The standard InChI is InChI=1S/C38H55NO10/c1-24(28-10-11-29-36-30(16-18-38(28,29)3)37(2)17-15-27(40)22-26(37)23-31(36)41)7-13-35(43)49-32-12-8-25(21-33(32)46-4)9-14-34(42)47-19-5-6-20-48-39(44)45/h8-9,12,14,21,24,26-31,36,40-41H,5-7,10-11,13,15-20,22-23H2,1-4H3/b14-9+/t24-,26+,27-,28-,29?,30?,31-,36?,37+,38-/m1/s1. The first-order chi connectivity index (χ1) is 23.4. The molecule has 0 saturated heterocycles. The number of carbonyl (C=O) groups is 2. The third kappa shape index (κ3) is 8.25. The molecule has 0 radical (unpaired) electrons. The fourth-order valence-corrected chi connectivity index (χ4v) is 10.5. The van der Waals surface area contributed by atoms with Gasteiger partial charge >= 0.3 is 11.9 Å². The lowest BCUT2D eigenvalue weighted by atomic mass is 9.43. The number of aliphatic hydroxyl groups is 2. The highest BCUT2D eigenvalue weighted by Gasteiger charge is 2.62. The smallest absolute Gasteiger partial charge is 0.330 e. The molecule has 0 amide bonds. The zero-order valence-electron chi connectivity index (χ0n) is 29.5. The summed E-state index contributed by atoms with van der Waals surface area (Å²) in [6.45, 7) is 7.24. The van der Waals surface area contributed by atoms with Crippen LogP contribution in [0.25, 0.3) is 6.08 Å². The fourth-order valence-electron chi connectivity index (χ4n) is 10.5. The van der Waals surface area contributed by atoms with E-state index in [0.717, 1.165) is 57.8 Å². The Labute approximate surface area is 289 Å². The van der Waals surface area contributed by atoms with Crippen LogP contribution in [-0.2, 0) is 19.2 Å². The van der Waals surface area contributed by atoms with Gasteiger partial charge in [-0.1, -0.05) is 26.8 Å². The number of fused-ring (bicyclic) bond motifs is 5. The maximum absolute atomic E-state index is 13.0. The van der Waals surface area contributed by atoms with Crippen LogP contribution in [-0.4, -0.2) is 59.8 Å². The monoisotopic (exact) mass is 685 g/mol. The van der Waals surface area contributed by atoms with Gasteiger partial charge in [-0.2, -0.15) is 0 Å². The fraction of sp³-hybridized carbons (Fsp3) is 0.737. The van der Waals surface area contributed by atoms with Crippen molar-refractivity contribution in [1.82, 2.24) is 0 Å². The predicted molar refractivity (Wildman–Crippen MR) is 182 cm³/mol. The van der Waals surface area contributed by atoms with Gasteiger partial charge in [0.1, 0.15) is 0 Å². The summed E-state index contributed by atoms with van der Waals surface area (Å²) in [5.74, 6) is 2.41. The molecule has 0 spiro atoms. The Hall–Kier alpha value is -3.18. The molecule has 0 aliphatic heterocycles. The lowest BCUT2D eigenvalue weighted by molar-refractivity contribution is -0.757. The highest BCUT2D eigenvalue weighted by Crippen LogP contribution is 2.68. The second-order valence-corrected chi connectivity index (χ2v) is 15.6. The predicted octanol–water partition coefficient (Wildman–Crippen LogP) is 6.55. The molecule has 4 aliphatic carbocycles. The van der Waals surface area contributed by atoms with Crippen LogP contribution >= 0.6 is 0 Å². The van der Waals surface area contributed by atoms with Gasteiger partial charge in [0.15, 0.2) is 11.5 Å². The van der Waals surface area contributed by atoms with Crippen molar-refractivity contribution >= 4 is 18.0 Å². The van der Waals surface area contributed by atoms with Crippen LogP contribution < -0.4 is 9.47 Å². The molecule has 4 saturated carbocycles. The molecule has 4 fully saturated rings. The first kappa shape index (κ1) is 37.1. The topological polar surface area (TPSA) is 155 Å². The minimum Gasteiger partial charge on any atom is -0.493 e. The van der Waals surface area contributed by atoms with Crippen LogP contribution in [0.15, 0.2) is 24.3 Å². The van der Waals surface area contributed by atoms with Gasteiger partial charge in [0.25, 0.3) is 5.09 Å². The maximum Gasteiger partial charge on any atom is 0.330 e. The number of esters is 2. The SMILES string of the molecule is COc1cc(/C=C/C(=O)OCCCCO[N+](=O)[O-])ccc1OC(=O)CC[C@@H](C)[C@H]1CCC2C3C(CC[C@@]21C)[C@@]1(C)CC[C@@H](O)C[C@H]1C[C@H]3O. The van der Waals surface area contributed by atoms with Crippen molar-refractivity contribution < 1.29 is 43.9 Å². The molecule has 0 bridgehead atoms. The highest BCUT2D eigenvalue weighted by atomic mass is 16.9. The molecular formula is C38H55NO10. The molecule has 3 unspecified atom stereocenters. The Bertz CT molecular complexity index is 1370. The van der Waals surface area contributed by atoms with Gasteiger partial charge < -0.3 is 29.3 Å². The Kier molecular flexibility index (Phi) is 12.0. The second-order valence-electron chi connectivity index (χ2n) is 15.6. The molecule has 1 aromatic carbocycles. The number of aliphatic hydroxyl groups excluding tert-OH is 2. The number of unbranched alkanes of at least 4 members (excludes halogenated alkanes) is 1. The zero-order valence-corrected chi connectivity index (χ0v) is 29.5. The summed E-state index contributed by atoms with van der Waals surface area (Å²) in [7, 11) is 1.49. The number of nitrogens with zero attached hydrogens (tertiary/aromatic N) is 1. The third-order valence-corrected chi connectivity index (χ3v) is 13.0. The average molecular weight is 686 g/mol. The molecule has 5 rings (SSSR count). The van der Waals surface area contributed by atoms with Crippen LogP contribution in [0.3, 0.4) is 0 Å². The summed E-state index contributed by atoms with van der Waals surface area (Å²) < 4.78 is 16.3. The minimum atomic E-state index is -0.853. The lowest BCUT2D eigenvalue weighted by Crippen LogP contribution is -2.58. The van der Waals surface area contributed by atoms with E-state index < -0.39 is 11.1 Å². The van der Waals surface area contributed by atoms with Crippen LogP contribution in [0.4, 0.5) is 0 Å². The van der Waals surface area contributed by atoms with Crippen molar-refractivity contribution in [1.29, 1.82) is 0 Å². The van der Waals surface area contributed by atoms with Crippen molar-refractivity contribution in [2.45, 2.75) is 110 Å². The van der Waals surface area contributed by atoms with Gasteiger partial charge in [0, 0.05) is 12.5 Å². The quantitative estimate of drug-likeness (QED) is 0.0550. The molecule has 1 aromatic rings. The Morgan fingerprint density at radius 2 is 1.76 bits per heavy atom. The summed E-state index contributed by atoms with van der Waals surface area (Å²) in [5, 5.41) is 31.2. The van der Waals surface area contributed by atoms with Crippen molar-refractivity contribution in [3.8, 4) is 11.5 Å². The van der Waals surface area contributed by atoms with Gasteiger partial charge in [-0.3, -0.25) is 4.79 Å². The Morgan fingerprint density at radius 1 is 1.02 bits per heavy atom. The molecule has 0 aromatic heterocycles. The first-order valence-electron chi connectivity index (χ1n) is 18.2. The molecule has 2 N–H and O–H groups in total. The number of carbonyl (C=O) groups excluding carboxylic acids is 2. The van der Waals surface area contributed by atoms with E-state index in [9.17, 15) is 29.9 Å². The molecular weight excluding hydrogens is 630 g/mol. The van der Waals surface area contributed by atoms with Gasteiger partial charge in [-0.15, -0.1) is 10.1 Å². The lowest BCUT2D eigenvalue weighted by Gasteiger charge is -2.62. The van der Waals surface area contributed by atoms with Crippen molar-refractivity contribution in [2.75, 3.05) is 20.3 Å². The van der Waals surface area contributed by atoms with E-state index in [1.165, 1.54) is 13.2 Å². The second kappa shape index (κ2) is 15.8. The third-order valence-electron chi connectivity index (χ3n) is 13.0. The van der Waals surface area contributed by atoms with Crippen LogP contribution in [0.2, 0.25) is 0 Å². The number of benzene rings is 1. The maximum atomic E-state index is 13.0. The van der Waals surface area contributed by atoms with Crippen LogP contribution in [0.5, 0.6) is 11.5 Å². The summed E-state index contributed by atoms with van der Waals surface area (Å²) in [6.07, 6.45) is 12.3. The summed E-state index contributed by atoms with van der Waals surface area (Å²) >= 11 is 0. The highest BCUT2D eigenvalue weighted by molar-refractivity contribution is 5.87. The Balaban J connectivity index is 1.11. The molecule has 272 valence electrons. The van der Waals surface area contributed by atoms with Gasteiger partial charge in [-0.25, -0.2) is 4.79 Å². The van der Waals surface area contributed by atoms with E-state index in [4.69, 9.17) is 14.2 Å². The number of hydrogen-bond acceptors (Lipinski definition) is 10. The summed E-state index contributed by atoms with van der Waals surface area (Å²) in [6, 6.07) is 5.05. The largest absolute Gasteiger partial charge is 0.493 e. The van der Waals surface area contributed by atoms with Crippen molar-refractivity contribution in [2.24, 2.45) is 46.3 Å². The van der Waals surface area contributed by atoms with E-state index in [0.29, 0.717) is 71.8 Å². The molecule has 11 heteroatoms. The van der Waals surface area contributed by atoms with Gasteiger partial charge in [-0.05, 0) is 141 Å². The van der Waals surface area contributed by atoms with E-state index in [-0.39, 0.29) is 42.2 Å². The summed E-state index contributed by atoms with van der Waals surface area (Å²) in [4.78, 5) is 39.4. The minimum absolute atomic E-state index is 0.0447. The molecule has 49 heavy (non-hydrogen) atoms. The van der Waals surface area contributed by atoms with E-state index in [2.05, 4.69) is 25.6 Å². The Morgan fingerprint density at radius 3 is 2.51 bits per heavy atom. The van der Waals surface area contributed by atoms with E-state index in [1.54, 1.807) is 24.3 Å². The van der Waals surface area contributed by atoms with E-state index in [1.807, 2.05) is 0 Å². The number of hydrogen-bond donors (Lipinski definition) is 2. The van der Waals surface area contributed by atoms with Crippen molar-refractivity contribution in [3.05, 3.63) is 40.0 Å². The van der Waals surface area contributed by atoms with Crippen molar-refractivity contribution in [3.63, 3.8) is 0 Å². The molecule has 10 atom stereocenters. The molecule has 0 heterocycles. The first-order valence-corrected chi connectivity index (χ1v) is 18.2. The van der Waals surface area contributed by atoms with Gasteiger partial charge in [0.05, 0.1) is 32.5 Å². The van der Waals surface area contributed by atoms with E-state index >= 15 is 0 Å². The normalized spacial score (nSPS) is 34.3. The molecule has 4 aliphatic rings. The van der Waals surface area contributed by atoms with Crippen LogP contribution in [0, 0.1) is 56.5 Å². The molecule has 11 nitrogen and oxygen atoms in total. The number of rotatable bonds is 14. The number of ether oxygens (including phenoxy) is 3. The zero-order chi connectivity index (χ0) is 35.3. The average Bonchev–Trinajstić information content (AvgIpc) is 3.42. The number of methoxy groups -OCH3 is 1.